The fraction of sp³-hybridized carbons (Fsp3) is 0.429. The molecule has 8 heteroatoms. The van der Waals surface area contributed by atoms with Crippen molar-refractivity contribution in [3.8, 4) is 11.4 Å². The molecule has 1 aromatic heterocycles. The molecular formula is C14H17N5O3. The molecule has 0 aliphatic carbocycles. The van der Waals surface area contributed by atoms with E-state index in [4.69, 9.17) is 9.47 Å². The molecular weight excluding hydrogens is 286 g/mol. The second-order valence-electron chi connectivity index (χ2n) is 5.05. The molecule has 0 bridgehead atoms. The van der Waals surface area contributed by atoms with E-state index in [9.17, 15) is 4.79 Å². The summed E-state index contributed by atoms with van der Waals surface area (Å²) < 4.78 is 12.1. The van der Waals surface area contributed by atoms with E-state index in [1.54, 1.807) is 25.3 Å². The summed E-state index contributed by atoms with van der Waals surface area (Å²) in [6.07, 6.45) is 2.98. The SMILES string of the molecule is COc1cc(NC(=O)C2CCOCC2)cc(-n2cnnn2)c1. The lowest BCUT2D eigenvalue weighted by atomic mass is 9.99. The van der Waals surface area contributed by atoms with E-state index >= 15 is 0 Å². The van der Waals surface area contributed by atoms with Crippen molar-refractivity contribution < 1.29 is 14.3 Å². The first-order valence-corrected chi connectivity index (χ1v) is 7.07. The van der Waals surface area contributed by atoms with Crippen LogP contribution in [0.1, 0.15) is 12.8 Å². The first-order valence-electron chi connectivity index (χ1n) is 7.07. The molecule has 1 aromatic carbocycles. The number of hydrogen-bond donors (Lipinski definition) is 1. The predicted molar refractivity (Wildman–Crippen MR) is 77.9 cm³/mol. The zero-order valence-corrected chi connectivity index (χ0v) is 12.2. The van der Waals surface area contributed by atoms with Gasteiger partial charge < -0.3 is 14.8 Å². The Balaban J connectivity index is 1.80. The molecule has 0 unspecified atom stereocenters. The second kappa shape index (κ2) is 6.52. The van der Waals surface area contributed by atoms with Crippen molar-refractivity contribution in [2.45, 2.75) is 12.8 Å². The second-order valence-corrected chi connectivity index (χ2v) is 5.05. The Labute approximate surface area is 127 Å². The minimum absolute atomic E-state index is 0.000724. The van der Waals surface area contributed by atoms with Crippen molar-refractivity contribution >= 4 is 11.6 Å². The molecule has 22 heavy (non-hydrogen) atoms. The van der Waals surface area contributed by atoms with Gasteiger partial charge in [0.15, 0.2) is 0 Å². The fourth-order valence-electron chi connectivity index (χ4n) is 2.39. The number of carbonyl (C=O) groups is 1. The lowest BCUT2D eigenvalue weighted by molar-refractivity contribution is -0.122. The van der Waals surface area contributed by atoms with Crippen molar-refractivity contribution in [1.29, 1.82) is 0 Å². The number of benzene rings is 1. The molecule has 2 aromatic rings. The Bertz CT molecular complexity index is 638. The number of rotatable bonds is 4. The normalized spacial score (nSPS) is 15.5. The van der Waals surface area contributed by atoms with Crippen LogP contribution in [0.5, 0.6) is 5.75 Å². The van der Waals surface area contributed by atoms with E-state index in [0.29, 0.717) is 30.3 Å². The molecule has 1 fully saturated rings. The van der Waals surface area contributed by atoms with E-state index in [1.807, 2.05) is 0 Å². The highest BCUT2D eigenvalue weighted by Crippen LogP contribution is 2.24. The Kier molecular flexibility index (Phi) is 4.29. The highest BCUT2D eigenvalue weighted by molar-refractivity contribution is 5.93. The number of nitrogens with one attached hydrogen (secondary N) is 1. The van der Waals surface area contributed by atoms with Crippen LogP contribution in [0.15, 0.2) is 24.5 Å². The molecule has 8 nitrogen and oxygen atoms in total. The number of carbonyl (C=O) groups excluding carboxylic acids is 1. The molecule has 1 aliphatic rings. The minimum atomic E-state index is -0.0172. The van der Waals surface area contributed by atoms with Crippen molar-refractivity contribution in [2.24, 2.45) is 5.92 Å². The third-order valence-corrected chi connectivity index (χ3v) is 3.60. The van der Waals surface area contributed by atoms with Crippen LogP contribution in [0.2, 0.25) is 0 Å². The number of amides is 1. The molecule has 0 atom stereocenters. The van der Waals surface area contributed by atoms with E-state index in [0.717, 1.165) is 12.8 Å². The average Bonchev–Trinajstić information content (AvgIpc) is 3.10. The van der Waals surface area contributed by atoms with E-state index in [2.05, 4.69) is 20.8 Å². The smallest absolute Gasteiger partial charge is 0.227 e. The van der Waals surface area contributed by atoms with Crippen LogP contribution in [0.3, 0.4) is 0 Å². The Morgan fingerprint density at radius 3 is 2.86 bits per heavy atom. The van der Waals surface area contributed by atoms with E-state index in [-0.39, 0.29) is 11.8 Å². The number of methoxy groups -OCH3 is 1. The summed E-state index contributed by atoms with van der Waals surface area (Å²) in [6.45, 7) is 1.26. The van der Waals surface area contributed by atoms with Gasteiger partial charge in [0.05, 0.1) is 12.8 Å². The number of aromatic nitrogens is 4. The maximum absolute atomic E-state index is 12.3. The molecule has 1 amide bonds. The summed E-state index contributed by atoms with van der Waals surface area (Å²) in [5, 5.41) is 14.0. The molecule has 116 valence electrons. The first kappa shape index (κ1) is 14.5. The van der Waals surface area contributed by atoms with Gasteiger partial charge in [-0.2, -0.15) is 0 Å². The van der Waals surface area contributed by atoms with Gasteiger partial charge in [-0.15, -0.1) is 5.10 Å². The summed E-state index contributed by atoms with van der Waals surface area (Å²) in [5.74, 6) is 0.603. The van der Waals surface area contributed by atoms with Crippen LogP contribution in [0.25, 0.3) is 5.69 Å². The standard InChI is InChI=1S/C14H17N5O3/c1-21-13-7-11(6-12(8-13)19-9-15-17-18-19)16-14(20)10-2-4-22-5-3-10/h6-10H,2-5H2,1H3,(H,16,20). The maximum Gasteiger partial charge on any atom is 0.227 e. The Morgan fingerprint density at radius 2 is 2.18 bits per heavy atom. The van der Waals surface area contributed by atoms with Gasteiger partial charge in [-0.05, 0) is 29.3 Å². The topological polar surface area (TPSA) is 91.2 Å². The van der Waals surface area contributed by atoms with Crippen molar-refractivity contribution in [1.82, 2.24) is 20.2 Å². The quantitative estimate of drug-likeness (QED) is 0.907. The third-order valence-electron chi connectivity index (χ3n) is 3.60. The highest BCUT2D eigenvalue weighted by Gasteiger charge is 2.21. The maximum atomic E-state index is 12.3. The van der Waals surface area contributed by atoms with Crippen LogP contribution in [0, 0.1) is 5.92 Å². The molecule has 0 spiro atoms. The lowest BCUT2D eigenvalue weighted by Crippen LogP contribution is -2.28. The fourth-order valence-corrected chi connectivity index (χ4v) is 2.39. The van der Waals surface area contributed by atoms with E-state index in [1.165, 1.54) is 11.0 Å². The number of ether oxygens (including phenoxy) is 2. The minimum Gasteiger partial charge on any atom is -0.497 e. The molecule has 0 saturated carbocycles. The average molecular weight is 303 g/mol. The number of anilines is 1. The van der Waals surface area contributed by atoms with Gasteiger partial charge in [0.2, 0.25) is 5.91 Å². The molecule has 1 N–H and O–H groups in total. The van der Waals surface area contributed by atoms with Crippen molar-refractivity contribution in [3.63, 3.8) is 0 Å². The molecule has 0 radical (unpaired) electrons. The van der Waals surface area contributed by atoms with Crippen LogP contribution in [-0.4, -0.2) is 46.4 Å². The largest absolute Gasteiger partial charge is 0.497 e. The molecule has 3 rings (SSSR count). The van der Waals surface area contributed by atoms with Crippen LogP contribution >= 0.6 is 0 Å². The summed E-state index contributed by atoms with van der Waals surface area (Å²) in [7, 11) is 1.57. The zero-order chi connectivity index (χ0) is 15.4. The molecule has 1 aliphatic heterocycles. The molecule has 2 heterocycles. The van der Waals surface area contributed by atoms with Crippen molar-refractivity contribution in [3.05, 3.63) is 24.5 Å². The van der Waals surface area contributed by atoms with Gasteiger partial charge in [-0.1, -0.05) is 0 Å². The van der Waals surface area contributed by atoms with Gasteiger partial charge in [0.1, 0.15) is 12.1 Å². The predicted octanol–water partition coefficient (Wildman–Crippen LogP) is 1.04. The van der Waals surface area contributed by atoms with Crippen LogP contribution in [-0.2, 0) is 9.53 Å². The Hall–Kier alpha value is -2.48. The zero-order valence-electron chi connectivity index (χ0n) is 12.2. The summed E-state index contributed by atoms with van der Waals surface area (Å²) in [5.41, 5.74) is 1.37. The summed E-state index contributed by atoms with van der Waals surface area (Å²) in [4.78, 5) is 12.3. The summed E-state index contributed by atoms with van der Waals surface area (Å²) in [6, 6.07) is 5.36. The lowest BCUT2D eigenvalue weighted by Gasteiger charge is -2.21. The van der Waals surface area contributed by atoms with Crippen molar-refractivity contribution in [2.75, 3.05) is 25.6 Å². The first-order chi connectivity index (χ1) is 10.8. The van der Waals surface area contributed by atoms with E-state index < -0.39 is 0 Å². The van der Waals surface area contributed by atoms with Gasteiger partial charge in [-0.3, -0.25) is 4.79 Å². The number of nitrogens with zero attached hydrogens (tertiary/aromatic N) is 4. The molecule has 1 saturated heterocycles. The Morgan fingerprint density at radius 1 is 1.36 bits per heavy atom. The monoisotopic (exact) mass is 303 g/mol. The summed E-state index contributed by atoms with van der Waals surface area (Å²) >= 11 is 0. The van der Waals surface area contributed by atoms with Crippen LogP contribution in [0.4, 0.5) is 5.69 Å². The van der Waals surface area contributed by atoms with Gasteiger partial charge >= 0.3 is 0 Å². The van der Waals surface area contributed by atoms with Gasteiger partial charge in [0, 0.05) is 37.0 Å². The van der Waals surface area contributed by atoms with Crippen LogP contribution < -0.4 is 10.1 Å². The number of tetrazole rings is 1. The van der Waals surface area contributed by atoms with Gasteiger partial charge in [0.25, 0.3) is 0 Å². The highest BCUT2D eigenvalue weighted by atomic mass is 16.5. The number of hydrogen-bond acceptors (Lipinski definition) is 6. The van der Waals surface area contributed by atoms with Gasteiger partial charge in [-0.25, -0.2) is 4.68 Å². The third kappa shape index (κ3) is 3.22.